The first-order valence-electron chi connectivity index (χ1n) is 7.12. The molecule has 9 heteroatoms. The second-order valence-corrected chi connectivity index (χ2v) is 5.07. The Labute approximate surface area is 139 Å². The molecular formula is C16H11F4N3O2. The van der Waals surface area contributed by atoms with E-state index in [1.807, 2.05) is 0 Å². The number of rotatable bonds is 5. The first-order chi connectivity index (χ1) is 11.8. The molecule has 1 aromatic carbocycles. The van der Waals surface area contributed by atoms with Gasteiger partial charge in [0.25, 0.3) is 5.89 Å². The number of alkyl halides is 3. The number of hydrogen-bond donors (Lipinski definition) is 0. The molecule has 0 aliphatic heterocycles. The van der Waals surface area contributed by atoms with Crippen LogP contribution in [0.2, 0.25) is 0 Å². The minimum absolute atomic E-state index is 0.0404. The van der Waals surface area contributed by atoms with Crippen molar-refractivity contribution in [3.8, 4) is 17.2 Å². The van der Waals surface area contributed by atoms with E-state index in [4.69, 9.17) is 4.42 Å². The van der Waals surface area contributed by atoms with Crippen LogP contribution in [0.4, 0.5) is 17.6 Å². The lowest BCUT2D eigenvalue weighted by atomic mass is 10.2. The number of ether oxygens (including phenoxy) is 1. The number of pyridine rings is 1. The van der Waals surface area contributed by atoms with Crippen molar-refractivity contribution in [1.29, 1.82) is 0 Å². The summed E-state index contributed by atoms with van der Waals surface area (Å²) in [6, 6.07) is 6.44. The summed E-state index contributed by atoms with van der Waals surface area (Å²) in [5.74, 6) is -1.04. The van der Waals surface area contributed by atoms with Gasteiger partial charge in [-0.15, -0.1) is 10.2 Å². The van der Waals surface area contributed by atoms with Crippen LogP contribution in [0, 0.1) is 5.82 Å². The van der Waals surface area contributed by atoms with Gasteiger partial charge in [-0.3, -0.25) is 0 Å². The van der Waals surface area contributed by atoms with Gasteiger partial charge in [-0.05, 0) is 43.3 Å². The number of halogens is 4. The highest BCUT2D eigenvalue weighted by atomic mass is 19.3. The summed E-state index contributed by atoms with van der Waals surface area (Å²) in [7, 11) is 0. The third kappa shape index (κ3) is 3.76. The molecule has 0 spiro atoms. The van der Waals surface area contributed by atoms with Gasteiger partial charge in [0, 0.05) is 6.20 Å². The van der Waals surface area contributed by atoms with E-state index in [1.54, 1.807) is 0 Å². The second kappa shape index (κ2) is 6.50. The van der Waals surface area contributed by atoms with E-state index >= 15 is 0 Å². The molecule has 0 bridgehead atoms. The van der Waals surface area contributed by atoms with E-state index in [0.29, 0.717) is 0 Å². The molecule has 3 rings (SSSR count). The van der Waals surface area contributed by atoms with Crippen LogP contribution in [0.3, 0.4) is 0 Å². The van der Waals surface area contributed by atoms with Gasteiger partial charge in [0.2, 0.25) is 5.89 Å². The molecule has 0 N–H and O–H groups in total. The van der Waals surface area contributed by atoms with Crippen LogP contribution < -0.4 is 4.74 Å². The van der Waals surface area contributed by atoms with Gasteiger partial charge >= 0.3 is 6.11 Å². The molecule has 0 radical (unpaired) electrons. The highest BCUT2D eigenvalue weighted by molar-refractivity contribution is 5.50. The summed E-state index contributed by atoms with van der Waals surface area (Å²) in [5, 5.41) is 7.13. The molecule has 0 fully saturated rings. The molecule has 3 aromatic rings. The molecular weight excluding hydrogens is 342 g/mol. The van der Waals surface area contributed by atoms with Gasteiger partial charge < -0.3 is 9.15 Å². The summed E-state index contributed by atoms with van der Waals surface area (Å²) < 4.78 is 63.7. The standard InChI is InChI=1S/C16H11F4N3O2/c1-9(17)14-22-23-15(24-14)10-2-7-13(21-8-10)16(19,20)25-12-5-3-11(18)4-6-12/h2-9H,1H3. The molecule has 2 aromatic heterocycles. The molecule has 25 heavy (non-hydrogen) atoms. The Hall–Kier alpha value is -2.97. The molecule has 1 unspecified atom stereocenters. The molecule has 0 aliphatic rings. The fourth-order valence-electron chi connectivity index (χ4n) is 1.91. The van der Waals surface area contributed by atoms with Gasteiger partial charge in [-0.2, -0.15) is 8.78 Å². The van der Waals surface area contributed by atoms with E-state index in [-0.39, 0.29) is 23.1 Å². The maximum Gasteiger partial charge on any atom is 0.444 e. The average Bonchev–Trinajstić information content (AvgIpc) is 3.07. The molecule has 5 nitrogen and oxygen atoms in total. The lowest BCUT2D eigenvalue weighted by molar-refractivity contribution is -0.188. The number of aromatic nitrogens is 3. The monoisotopic (exact) mass is 353 g/mol. The summed E-state index contributed by atoms with van der Waals surface area (Å²) in [5.41, 5.74) is -0.417. The van der Waals surface area contributed by atoms with Crippen LogP contribution >= 0.6 is 0 Å². The maximum absolute atomic E-state index is 14.1. The van der Waals surface area contributed by atoms with Gasteiger partial charge in [-0.25, -0.2) is 13.8 Å². The van der Waals surface area contributed by atoms with E-state index in [9.17, 15) is 17.6 Å². The minimum atomic E-state index is -3.73. The summed E-state index contributed by atoms with van der Waals surface area (Å²) in [6.07, 6.45) is -4.09. The Morgan fingerprint density at radius 1 is 1.08 bits per heavy atom. The molecule has 0 saturated carbocycles. The third-order valence-corrected chi connectivity index (χ3v) is 3.15. The zero-order valence-electron chi connectivity index (χ0n) is 12.8. The first-order valence-corrected chi connectivity index (χ1v) is 7.12. The lowest BCUT2D eigenvalue weighted by Crippen LogP contribution is -2.23. The largest absolute Gasteiger partial charge is 0.444 e. The van der Waals surface area contributed by atoms with Crippen molar-refractivity contribution in [1.82, 2.24) is 15.2 Å². The Morgan fingerprint density at radius 3 is 2.36 bits per heavy atom. The lowest BCUT2D eigenvalue weighted by Gasteiger charge is -2.17. The maximum atomic E-state index is 14.1. The predicted octanol–water partition coefficient (Wildman–Crippen LogP) is 4.43. The summed E-state index contributed by atoms with van der Waals surface area (Å²) >= 11 is 0. The first kappa shape index (κ1) is 16.9. The minimum Gasteiger partial charge on any atom is -0.428 e. The van der Waals surface area contributed by atoms with Crippen molar-refractivity contribution in [2.24, 2.45) is 0 Å². The predicted molar refractivity (Wildman–Crippen MR) is 78.0 cm³/mol. The van der Waals surface area contributed by atoms with Gasteiger partial charge in [0.05, 0.1) is 5.56 Å². The fourth-order valence-corrected chi connectivity index (χ4v) is 1.91. The van der Waals surface area contributed by atoms with Crippen molar-refractivity contribution < 1.29 is 26.7 Å². The van der Waals surface area contributed by atoms with Gasteiger partial charge in [0.1, 0.15) is 11.6 Å². The normalized spacial score (nSPS) is 12.8. The van der Waals surface area contributed by atoms with E-state index in [0.717, 1.165) is 36.5 Å². The van der Waals surface area contributed by atoms with E-state index in [2.05, 4.69) is 19.9 Å². The molecule has 130 valence electrons. The number of nitrogens with zero attached hydrogens (tertiary/aromatic N) is 3. The molecule has 0 amide bonds. The molecule has 0 saturated heterocycles. The second-order valence-electron chi connectivity index (χ2n) is 5.07. The Bertz CT molecular complexity index is 849. The van der Waals surface area contributed by atoms with Crippen molar-refractivity contribution in [3.63, 3.8) is 0 Å². The Kier molecular flexibility index (Phi) is 4.39. The van der Waals surface area contributed by atoms with Crippen LogP contribution in [0.1, 0.15) is 24.7 Å². The SMILES string of the molecule is CC(F)c1nnc(-c2ccc(C(F)(F)Oc3ccc(F)cc3)nc2)o1. The molecule has 0 aliphatic carbocycles. The summed E-state index contributed by atoms with van der Waals surface area (Å²) in [6.45, 7) is 1.23. The van der Waals surface area contributed by atoms with Crippen LogP contribution in [0.5, 0.6) is 5.75 Å². The zero-order valence-corrected chi connectivity index (χ0v) is 12.8. The van der Waals surface area contributed by atoms with Gasteiger partial charge in [-0.1, -0.05) is 0 Å². The Morgan fingerprint density at radius 2 is 1.80 bits per heavy atom. The number of hydrogen-bond acceptors (Lipinski definition) is 5. The molecule has 2 heterocycles. The van der Waals surface area contributed by atoms with Crippen molar-refractivity contribution in [2.75, 3.05) is 0 Å². The van der Waals surface area contributed by atoms with Crippen LogP contribution in [-0.2, 0) is 6.11 Å². The van der Waals surface area contributed by atoms with Crippen molar-refractivity contribution in [2.45, 2.75) is 19.2 Å². The number of benzene rings is 1. The van der Waals surface area contributed by atoms with Crippen LogP contribution in [-0.4, -0.2) is 15.2 Å². The van der Waals surface area contributed by atoms with Crippen LogP contribution in [0.15, 0.2) is 47.0 Å². The van der Waals surface area contributed by atoms with Crippen molar-refractivity contribution in [3.05, 3.63) is 60.0 Å². The topological polar surface area (TPSA) is 61.0 Å². The summed E-state index contributed by atoms with van der Waals surface area (Å²) in [4.78, 5) is 3.62. The van der Waals surface area contributed by atoms with Crippen molar-refractivity contribution >= 4 is 0 Å². The molecule has 1 atom stereocenters. The fraction of sp³-hybridized carbons (Fsp3) is 0.188. The zero-order chi connectivity index (χ0) is 18.0. The van der Waals surface area contributed by atoms with E-state index < -0.39 is 23.8 Å². The van der Waals surface area contributed by atoms with Crippen LogP contribution in [0.25, 0.3) is 11.5 Å². The smallest absolute Gasteiger partial charge is 0.428 e. The highest BCUT2D eigenvalue weighted by Gasteiger charge is 2.36. The van der Waals surface area contributed by atoms with Gasteiger partial charge in [0.15, 0.2) is 11.9 Å². The third-order valence-electron chi connectivity index (χ3n) is 3.15. The highest BCUT2D eigenvalue weighted by Crippen LogP contribution is 2.31. The Balaban J connectivity index is 1.79. The quantitative estimate of drug-likeness (QED) is 0.635. The average molecular weight is 353 g/mol. The van der Waals surface area contributed by atoms with E-state index in [1.165, 1.54) is 13.0 Å².